The molecule has 0 aliphatic carbocycles. The van der Waals surface area contributed by atoms with E-state index in [1.54, 1.807) is 0 Å². The molecule has 0 aliphatic heterocycles. The van der Waals surface area contributed by atoms with Gasteiger partial charge in [-0.05, 0) is 83.5 Å². The second-order valence-electron chi connectivity index (χ2n) is 28.8. The fourth-order valence-corrected chi connectivity index (χ4v) is 12.8. The van der Waals surface area contributed by atoms with E-state index in [1.165, 1.54) is 295 Å². The minimum atomic E-state index is -4.65. The van der Waals surface area contributed by atoms with Gasteiger partial charge in [-0.15, -0.1) is 0 Å². The first-order valence-corrected chi connectivity index (χ1v) is 42.1. The predicted molar refractivity (Wildman–Crippen MR) is 406 cm³/mol. The Kier molecular flexibility index (Phi) is 72.6. The van der Waals surface area contributed by atoms with Gasteiger partial charge >= 0.3 is 11.9 Å². The molecule has 0 fully saturated rings. The second-order valence-corrected chi connectivity index (χ2v) is 30.2. The van der Waals surface area contributed by atoms with Crippen LogP contribution in [0.25, 0.3) is 0 Å². The molecule has 0 radical (unpaired) electrons. The number of quaternary nitrogens is 1. The van der Waals surface area contributed by atoms with Gasteiger partial charge in [0.25, 0.3) is 7.82 Å². The lowest BCUT2D eigenvalue weighted by molar-refractivity contribution is -0.870. The predicted octanol–water partition coefficient (Wildman–Crippen LogP) is 26.4. The summed E-state index contributed by atoms with van der Waals surface area (Å²) in [6.07, 6.45) is 102. The van der Waals surface area contributed by atoms with Crippen LogP contribution in [0.3, 0.4) is 0 Å². The molecule has 2 atom stereocenters. The van der Waals surface area contributed by atoms with Crippen LogP contribution < -0.4 is 4.89 Å². The van der Waals surface area contributed by atoms with E-state index in [2.05, 4.69) is 86.8 Å². The Morgan fingerprint density at radius 2 is 0.606 bits per heavy atom. The molecule has 550 valence electrons. The van der Waals surface area contributed by atoms with Crippen molar-refractivity contribution in [2.45, 2.75) is 405 Å². The second kappa shape index (κ2) is 74.7. The lowest BCUT2D eigenvalue weighted by Crippen LogP contribution is -2.37. The fourth-order valence-electron chi connectivity index (χ4n) is 12.0. The largest absolute Gasteiger partial charge is 0.756 e. The van der Waals surface area contributed by atoms with Crippen LogP contribution in [0.1, 0.15) is 399 Å². The fraction of sp³-hybridized carbons (Fsp3) is 0.833. The number of unbranched alkanes of at least 4 members (excludes halogenated alkanes) is 50. The lowest BCUT2D eigenvalue weighted by Gasteiger charge is -2.28. The number of carbonyl (C=O) groups is 2. The summed E-state index contributed by atoms with van der Waals surface area (Å²) >= 11 is 0. The standard InChI is InChI=1S/C84H156NO8P/c1-6-8-10-12-14-16-18-20-22-24-26-28-30-32-34-36-37-38-39-40-41-42-43-44-45-46-47-49-50-52-54-56-58-60-62-64-66-68-70-72-74-76-83(86)90-80-82(81-92-94(88,89)91-79-78-85(3,4)5)93-84(87)77-75-73-71-69-67-65-63-61-59-57-55-53-51-48-35-33-31-29-27-25-23-21-19-17-15-13-11-9-7-2/h9,11,15,17,21,23-24,26-27,29,33,35,82H,6-8,10,12-14,16,18-20,22,25,28,30-32,34,36-81H2,1-5H3/b11-9-,17-15-,23-21-,26-24-,29-27-,35-33-. The molecule has 94 heavy (non-hydrogen) atoms. The van der Waals surface area contributed by atoms with E-state index < -0.39 is 26.5 Å². The number of phosphoric ester groups is 1. The summed E-state index contributed by atoms with van der Waals surface area (Å²) in [4.78, 5) is 38.2. The highest BCUT2D eigenvalue weighted by atomic mass is 31.2. The molecule has 0 amide bonds. The molecular formula is C84H156NO8P. The summed E-state index contributed by atoms with van der Waals surface area (Å²) in [5, 5.41) is 0. The molecule has 0 aromatic carbocycles. The molecule has 0 aromatic heterocycles. The van der Waals surface area contributed by atoms with Gasteiger partial charge < -0.3 is 27.9 Å². The van der Waals surface area contributed by atoms with E-state index in [0.717, 1.165) is 70.6 Å². The molecule has 0 saturated carbocycles. The number of ether oxygens (including phenoxy) is 2. The van der Waals surface area contributed by atoms with Crippen molar-refractivity contribution in [3.63, 3.8) is 0 Å². The third-order valence-corrected chi connectivity index (χ3v) is 19.2. The summed E-state index contributed by atoms with van der Waals surface area (Å²) < 4.78 is 34.4. The van der Waals surface area contributed by atoms with Crippen LogP contribution in [0.5, 0.6) is 0 Å². The lowest BCUT2D eigenvalue weighted by atomic mass is 10.0. The Morgan fingerprint density at radius 3 is 0.915 bits per heavy atom. The zero-order chi connectivity index (χ0) is 68.3. The highest BCUT2D eigenvalue weighted by Gasteiger charge is 2.22. The number of allylic oxidation sites excluding steroid dienone is 12. The maximum absolute atomic E-state index is 12.9. The highest BCUT2D eigenvalue weighted by molar-refractivity contribution is 7.45. The van der Waals surface area contributed by atoms with Crippen LogP contribution in [0.4, 0.5) is 0 Å². The van der Waals surface area contributed by atoms with Crippen molar-refractivity contribution in [1.29, 1.82) is 0 Å². The monoisotopic (exact) mass is 1340 g/mol. The summed E-state index contributed by atoms with van der Waals surface area (Å²) in [5.74, 6) is -0.817. The van der Waals surface area contributed by atoms with Crippen LogP contribution in [0.2, 0.25) is 0 Å². The number of esters is 2. The van der Waals surface area contributed by atoms with Gasteiger partial charge in [-0.2, -0.15) is 0 Å². The molecule has 0 saturated heterocycles. The van der Waals surface area contributed by atoms with Gasteiger partial charge in [0.05, 0.1) is 27.7 Å². The van der Waals surface area contributed by atoms with Crippen LogP contribution in [0, 0.1) is 0 Å². The summed E-state index contributed by atoms with van der Waals surface area (Å²) in [6, 6.07) is 0. The van der Waals surface area contributed by atoms with E-state index in [-0.39, 0.29) is 32.0 Å². The number of nitrogens with zero attached hydrogens (tertiary/aromatic N) is 1. The SMILES string of the molecule is CC/C=C\C/C=C\C/C=C\C/C=C\C/C=C\CCCCCCCCCCCCCCCC(=O)OC(COC(=O)CCCCCCCCCCCCCCCCCCCCCCCCCCCCCCC/C=C\CCCCCCCCCC)COP(=O)([O-])OCC[N+](C)(C)C. The average Bonchev–Trinajstić information content (AvgIpc) is 1.65. The highest BCUT2D eigenvalue weighted by Crippen LogP contribution is 2.38. The third kappa shape index (κ3) is 78.4. The molecule has 2 unspecified atom stereocenters. The normalized spacial score (nSPS) is 13.4. The molecule has 9 nitrogen and oxygen atoms in total. The van der Waals surface area contributed by atoms with Gasteiger partial charge in [0.2, 0.25) is 0 Å². The number of hydrogen-bond donors (Lipinski definition) is 0. The summed E-state index contributed by atoms with van der Waals surface area (Å²) in [7, 11) is 1.18. The van der Waals surface area contributed by atoms with Gasteiger partial charge in [0.1, 0.15) is 19.8 Å². The van der Waals surface area contributed by atoms with Gasteiger partial charge in [0.15, 0.2) is 6.10 Å². The average molecular weight is 1340 g/mol. The number of likely N-dealkylation sites (N-methyl/N-ethyl adjacent to an activating group) is 1. The molecule has 0 rings (SSSR count). The first kappa shape index (κ1) is 91.4. The zero-order valence-electron chi connectivity index (χ0n) is 62.9. The number of rotatable bonds is 76. The molecule has 0 aliphatic rings. The summed E-state index contributed by atoms with van der Waals surface area (Å²) in [6.45, 7) is 4.18. The van der Waals surface area contributed by atoms with Crippen LogP contribution in [-0.4, -0.2) is 70.0 Å². The summed E-state index contributed by atoms with van der Waals surface area (Å²) in [5.41, 5.74) is 0. The van der Waals surface area contributed by atoms with Crippen molar-refractivity contribution in [1.82, 2.24) is 0 Å². The third-order valence-electron chi connectivity index (χ3n) is 18.2. The van der Waals surface area contributed by atoms with Gasteiger partial charge in [0, 0.05) is 12.8 Å². The van der Waals surface area contributed by atoms with Crippen LogP contribution >= 0.6 is 7.82 Å². The maximum atomic E-state index is 12.9. The van der Waals surface area contributed by atoms with Crippen molar-refractivity contribution in [3.8, 4) is 0 Å². The molecule has 0 bridgehead atoms. The Labute approximate surface area is 584 Å². The Balaban J connectivity index is 3.89. The molecule has 10 heteroatoms. The van der Waals surface area contributed by atoms with E-state index >= 15 is 0 Å². The van der Waals surface area contributed by atoms with Crippen molar-refractivity contribution >= 4 is 19.8 Å². The minimum absolute atomic E-state index is 0.0309. The van der Waals surface area contributed by atoms with Gasteiger partial charge in [-0.25, -0.2) is 0 Å². The molecule has 0 N–H and O–H groups in total. The van der Waals surface area contributed by atoms with Crippen molar-refractivity contribution in [2.24, 2.45) is 0 Å². The molecule has 0 heterocycles. The Bertz CT molecular complexity index is 1820. The van der Waals surface area contributed by atoms with E-state index in [4.69, 9.17) is 18.5 Å². The number of phosphoric acid groups is 1. The number of hydrogen-bond acceptors (Lipinski definition) is 8. The first-order chi connectivity index (χ1) is 46.0. The minimum Gasteiger partial charge on any atom is -0.756 e. The van der Waals surface area contributed by atoms with Gasteiger partial charge in [-0.1, -0.05) is 376 Å². The van der Waals surface area contributed by atoms with E-state index in [0.29, 0.717) is 17.4 Å². The smallest absolute Gasteiger partial charge is 0.306 e. The van der Waals surface area contributed by atoms with E-state index in [1.807, 2.05) is 21.1 Å². The van der Waals surface area contributed by atoms with Crippen LogP contribution in [-0.2, 0) is 32.7 Å². The zero-order valence-corrected chi connectivity index (χ0v) is 63.8. The first-order valence-electron chi connectivity index (χ1n) is 40.6. The Hall–Kier alpha value is -2.55. The molecule has 0 spiro atoms. The number of carbonyl (C=O) groups excluding carboxylic acids is 2. The van der Waals surface area contributed by atoms with Gasteiger partial charge in [-0.3, -0.25) is 14.2 Å². The maximum Gasteiger partial charge on any atom is 0.306 e. The van der Waals surface area contributed by atoms with Crippen molar-refractivity contribution in [3.05, 3.63) is 72.9 Å². The quantitative estimate of drug-likeness (QED) is 0.0195. The van der Waals surface area contributed by atoms with Crippen molar-refractivity contribution in [2.75, 3.05) is 47.5 Å². The van der Waals surface area contributed by atoms with Crippen molar-refractivity contribution < 1.29 is 42.1 Å². The Morgan fingerprint density at radius 1 is 0.340 bits per heavy atom. The topological polar surface area (TPSA) is 111 Å². The van der Waals surface area contributed by atoms with E-state index in [9.17, 15) is 19.0 Å². The van der Waals surface area contributed by atoms with Crippen LogP contribution in [0.15, 0.2) is 72.9 Å². The molecule has 0 aromatic rings. The molecular weight excluding hydrogens is 1180 g/mol.